The second-order valence-electron chi connectivity index (χ2n) is 4.08. The Hall–Kier alpha value is -1.48. The van der Waals surface area contributed by atoms with Gasteiger partial charge in [0.05, 0.1) is 6.04 Å². The molecule has 0 radical (unpaired) electrons. The molecular weight excluding hydrogens is 391 g/mol. The molecule has 20 heavy (non-hydrogen) atoms. The number of carbonyl (C=O) groups excluding carboxylic acids is 1. The smallest absolute Gasteiger partial charge is 0.355 e. The zero-order valence-corrected chi connectivity index (χ0v) is 13.4. The molecule has 7 heteroatoms. The van der Waals surface area contributed by atoms with Gasteiger partial charge in [-0.05, 0) is 47.7 Å². The molecule has 0 aliphatic carbocycles. The lowest BCUT2D eigenvalue weighted by molar-refractivity contribution is 0.0691. The molecule has 104 valence electrons. The van der Waals surface area contributed by atoms with Gasteiger partial charge in [-0.1, -0.05) is 6.07 Å². The Morgan fingerprint density at radius 2 is 2.20 bits per heavy atom. The SMILES string of the molecule is CC(NC(=O)c1cccc(I)c1)c1nc(C(=O)O)cs1. The van der Waals surface area contributed by atoms with Crippen molar-refractivity contribution in [3.63, 3.8) is 0 Å². The maximum atomic E-state index is 12.1. The van der Waals surface area contributed by atoms with Crippen molar-refractivity contribution in [1.82, 2.24) is 10.3 Å². The summed E-state index contributed by atoms with van der Waals surface area (Å²) in [6, 6.07) is 6.90. The number of nitrogens with one attached hydrogen (secondary N) is 1. The summed E-state index contributed by atoms with van der Waals surface area (Å²) in [5, 5.41) is 13.7. The number of hydrogen-bond donors (Lipinski definition) is 2. The first-order valence-electron chi connectivity index (χ1n) is 5.72. The van der Waals surface area contributed by atoms with Gasteiger partial charge in [0.2, 0.25) is 0 Å². The van der Waals surface area contributed by atoms with E-state index in [4.69, 9.17) is 5.11 Å². The normalized spacial score (nSPS) is 11.9. The van der Waals surface area contributed by atoms with E-state index >= 15 is 0 Å². The number of carboxylic acids is 1. The third-order valence-electron chi connectivity index (χ3n) is 2.55. The number of thiazole rings is 1. The molecule has 1 heterocycles. The Bertz CT molecular complexity index is 657. The third kappa shape index (κ3) is 3.54. The average Bonchev–Trinajstić information content (AvgIpc) is 2.88. The van der Waals surface area contributed by atoms with Gasteiger partial charge in [0, 0.05) is 14.5 Å². The minimum Gasteiger partial charge on any atom is -0.476 e. The first-order chi connectivity index (χ1) is 9.47. The summed E-state index contributed by atoms with van der Waals surface area (Å²) in [5.41, 5.74) is 0.569. The largest absolute Gasteiger partial charge is 0.476 e. The molecule has 2 rings (SSSR count). The van der Waals surface area contributed by atoms with Gasteiger partial charge in [-0.15, -0.1) is 11.3 Å². The molecule has 0 saturated heterocycles. The van der Waals surface area contributed by atoms with Crippen molar-refractivity contribution >= 4 is 45.8 Å². The van der Waals surface area contributed by atoms with Crippen LogP contribution in [0.15, 0.2) is 29.6 Å². The number of hydrogen-bond acceptors (Lipinski definition) is 4. The molecule has 2 aromatic rings. The lowest BCUT2D eigenvalue weighted by Crippen LogP contribution is -2.26. The first kappa shape index (κ1) is 14.9. The average molecular weight is 402 g/mol. The van der Waals surface area contributed by atoms with E-state index in [-0.39, 0.29) is 17.6 Å². The highest BCUT2D eigenvalue weighted by Crippen LogP contribution is 2.18. The van der Waals surface area contributed by atoms with Crippen molar-refractivity contribution in [3.8, 4) is 0 Å². The van der Waals surface area contributed by atoms with Crippen LogP contribution in [0.25, 0.3) is 0 Å². The molecule has 1 atom stereocenters. The van der Waals surface area contributed by atoms with E-state index in [1.54, 1.807) is 19.1 Å². The fourth-order valence-corrected chi connectivity index (χ4v) is 2.90. The van der Waals surface area contributed by atoms with Crippen molar-refractivity contribution in [2.75, 3.05) is 0 Å². The van der Waals surface area contributed by atoms with Crippen molar-refractivity contribution in [3.05, 3.63) is 49.5 Å². The van der Waals surface area contributed by atoms with Crippen LogP contribution in [0, 0.1) is 3.57 Å². The number of rotatable bonds is 4. The van der Waals surface area contributed by atoms with E-state index in [9.17, 15) is 9.59 Å². The first-order valence-corrected chi connectivity index (χ1v) is 7.68. The van der Waals surface area contributed by atoms with E-state index in [1.165, 1.54) is 16.7 Å². The Morgan fingerprint density at radius 1 is 1.45 bits per heavy atom. The van der Waals surface area contributed by atoms with E-state index in [2.05, 4.69) is 32.9 Å². The summed E-state index contributed by atoms with van der Waals surface area (Å²) in [5.74, 6) is -1.27. The Balaban J connectivity index is 2.08. The second kappa shape index (κ2) is 6.31. The Morgan fingerprint density at radius 3 is 2.80 bits per heavy atom. The highest BCUT2D eigenvalue weighted by Gasteiger charge is 2.16. The van der Waals surface area contributed by atoms with Crippen molar-refractivity contribution in [1.29, 1.82) is 0 Å². The fourth-order valence-electron chi connectivity index (χ4n) is 1.56. The molecule has 0 bridgehead atoms. The van der Waals surface area contributed by atoms with Gasteiger partial charge >= 0.3 is 5.97 Å². The number of carbonyl (C=O) groups is 2. The summed E-state index contributed by atoms with van der Waals surface area (Å²) in [4.78, 5) is 26.8. The van der Waals surface area contributed by atoms with Crippen LogP contribution in [0.2, 0.25) is 0 Å². The van der Waals surface area contributed by atoms with Gasteiger partial charge in [-0.2, -0.15) is 0 Å². The summed E-state index contributed by atoms with van der Waals surface area (Å²) >= 11 is 3.36. The third-order valence-corrected chi connectivity index (χ3v) is 4.24. The highest BCUT2D eigenvalue weighted by atomic mass is 127. The predicted molar refractivity (Wildman–Crippen MR) is 84.1 cm³/mol. The lowest BCUT2D eigenvalue weighted by Gasteiger charge is -2.11. The van der Waals surface area contributed by atoms with Crippen LogP contribution >= 0.6 is 33.9 Å². The quantitative estimate of drug-likeness (QED) is 0.771. The standard InChI is InChI=1S/C13H11IN2O3S/c1-7(12-16-10(6-20-12)13(18)19)15-11(17)8-3-2-4-9(14)5-8/h2-7H,1H3,(H,15,17)(H,18,19). The van der Waals surface area contributed by atoms with Crippen molar-refractivity contribution < 1.29 is 14.7 Å². The number of benzene rings is 1. The molecule has 1 aromatic carbocycles. The van der Waals surface area contributed by atoms with Crippen LogP contribution < -0.4 is 5.32 Å². The molecule has 1 aromatic heterocycles. The van der Waals surface area contributed by atoms with E-state index in [0.29, 0.717) is 10.6 Å². The maximum Gasteiger partial charge on any atom is 0.355 e. The number of aromatic carboxylic acids is 1. The number of aromatic nitrogens is 1. The van der Waals surface area contributed by atoms with E-state index in [1.807, 2.05) is 12.1 Å². The van der Waals surface area contributed by atoms with Gasteiger partial charge < -0.3 is 10.4 Å². The van der Waals surface area contributed by atoms with Crippen LogP contribution in [0.1, 0.15) is 38.8 Å². The number of nitrogens with zero attached hydrogens (tertiary/aromatic N) is 1. The van der Waals surface area contributed by atoms with E-state index < -0.39 is 5.97 Å². The number of amides is 1. The van der Waals surface area contributed by atoms with Gasteiger partial charge in [0.25, 0.3) is 5.91 Å². The van der Waals surface area contributed by atoms with Gasteiger partial charge in [0.1, 0.15) is 5.01 Å². The minimum absolute atomic E-state index is 0.000332. The maximum absolute atomic E-state index is 12.1. The highest BCUT2D eigenvalue weighted by molar-refractivity contribution is 14.1. The minimum atomic E-state index is -1.07. The molecule has 1 amide bonds. The van der Waals surface area contributed by atoms with Crippen LogP contribution in [0.5, 0.6) is 0 Å². The van der Waals surface area contributed by atoms with Crippen LogP contribution in [-0.2, 0) is 0 Å². The molecule has 0 spiro atoms. The summed E-state index contributed by atoms with van der Waals surface area (Å²) in [7, 11) is 0. The van der Waals surface area contributed by atoms with Crippen LogP contribution in [0.4, 0.5) is 0 Å². The molecule has 0 fully saturated rings. The number of carboxylic acid groups (broad SMARTS) is 1. The van der Waals surface area contributed by atoms with Crippen molar-refractivity contribution in [2.45, 2.75) is 13.0 Å². The lowest BCUT2D eigenvalue weighted by atomic mass is 10.2. The van der Waals surface area contributed by atoms with Gasteiger partial charge in [-0.3, -0.25) is 4.79 Å². The predicted octanol–water partition coefficient (Wildman–Crippen LogP) is 2.94. The number of halogens is 1. The van der Waals surface area contributed by atoms with Gasteiger partial charge in [-0.25, -0.2) is 9.78 Å². The summed E-state index contributed by atoms with van der Waals surface area (Å²) in [6.45, 7) is 1.77. The Labute approximate surface area is 133 Å². The van der Waals surface area contributed by atoms with Crippen molar-refractivity contribution in [2.24, 2.45) is 0 Å². The molecule has 2 N–H and O–H groups in total. The van der Waals surface area contributed by atoms with Crippen LogP contribution in [-0.4, -0.2) is 22.0 Å². The molecule has 0 saturated carbocycles. The monoisotopic (exact) mass is 402 g/mol. The second-order valence-corrected chi connectivity index (χ2v) is 6.22. The Kier molecular flexibility index (Phi) is 4.71. The molecule has 5 nitrogen and oxygen atoms in total. The topological polar surface area (TPSA) is 79.3 Å². The molecule has 0 aliphatic heterocycles. The van der Waals surface area contributed by atoms with Gasteiger partial charge in [0.15, 0.2) is 5.69 Å². The fraction of sp³-hybridized carbons (Fsp3) is 0.154. The molecule has 0 aliphatic rings. The zero-order valence-electron chi connectivity index (χ0n) is 10.5. The molecule has 1 unspecified atom stereocenters. The summed E-state index contributed by atoms with van der Waals surface area (Å²) in [6.07, 6.45) is 0. The molecular formula is C13H11IN2O3S. The van der Waals surface area contributed by atoms with E-state index in [0.717, 1.165) is 3.57 Å². The van der Waals surface area contributed by atoms with Crippen LogP contribution in [0.3, 0.4) is 0 Å². The zero-order chi connectivity index (χ0) is 14.7. The summed E-state index contributed by atoms with van der Waals surface area (Å²) < 4.78 is 0.977.